The highest BCUT2D eigenvalue weighted by Gasteiger charge is 2.11. The van der Waals surface area contributed by atoms with Crippen molar-refractivity contribution in [2.24, 2.45) is 5.92 Å². The minimum absolute atomic E-state index is 0.101. The number of urea groups is 1. The second-order valence-electron chi connectivity index (χ2n) is 3.62. The van der Waals surface area contributed by atoms with E-state index in [-0.39, 0.29) is 6.54 Å². The van der Waals surface area contributed by atoms with Gasteiger partial charge in [-0.1, -0.05) is 13.0 Å². The fourth-order valence-corrected chi connectivity index (χ4v) is 1.07. The minimum Gasteiger partial charge on any atom is -0.481 e. The van der Waals surface area contributed by atoms with E-state index in [4.69, 9.17) is 5.11 Å². The number of carbonyl (C=O) groups excluding carboxylic acids is 1. The monoisotopic (exact) mass is 237 g/mol. The maximum atomic E-state index is 11.3. The molecule has 2 amide bonds. The third-order valence-corrected chi connectivity index (χ3v) is 2.15. The topological polar surface area (TPSA) is 91.3 Å². The van der Waals surface area contributed by atoms with Crippen molar-refractivity contribution in [1.82, 2.24) is 15.6 Å². The molecule has 0 aliphatic rings. The van der Waals surface area contributed by atoms with E-state index in [2.05, 4.69) is 15.6 Å². The Morgan fingerprint density at radius 2 is 2.18 bits per heavy atom. The van der Waals surface area contributed by atoms with Crippen molar-refractivity contribution in [3.05, 3.63) is 30.1 Å². The van der Waals surface area contributed by atoms with Gasteiger partial charge >= 0.3 is 12.0 Å². The van der Waals surface area contributed by atoms with E-state index in [0.29, 0.717) is 6.54 Å². The van der Waals surface area contributed by atoms with Crippen LogP contribution in [0.3, 0.4) is 0 Å². The van der Waals surface area contributed by atoms with Gasteiger partial charge in [-0.15, -0.1) is 0 Å². The number of nitrogens with one attached hydrogen (secondary N) is 2. The highest BCUT2D eigenvalue weighted by atomic mass is 16.4. The Morgan fingerprint density at radius 1 is 1.41 bits per heavy atom. The van der Waals surface area contributed by atoms with Gasteiger partial charge in [0.25, 0.3) is 0 Å². The summed E-state index contributed by atoms with van der Waals surface area (Å²) in [5.41, 5.74) is 0.744. The molecule has 0 saturated carbocycles. The summed E-state index contributed by atoms with van der Waals surface area (Å²) < 4.78 is 0. The van der Waals surface area contributed by atoms with Crippen molar-refractivity contribution in [3.8, 4) is 0 Å². The smallest absolute Gasteiger partial charge is 0.315 e. The Labute approximate surface area is 99.1 Å². The van der Waals surface area contributed by atoms with E-state index in [1.807, 2.05) is 6.07 Å². The summed E-state index contributed by atoms with van der Waals surface area (Å²) in [5, 5.41) is 13.7. The van der Waals surface area contributed by atoms with Crippen molar-refractivity contribution < 1.29 is 14.7 Å². The molecular weight excluding hydrogens is 222 g/mol. The molecule has 0 aliphatic heterocycles. The Kier molecular flexibility index (Phi) is 4.93. The summed E-state index contributed by atoms with van der Waals surface area (Å²) in [7, 11) is 0. The van der Waals surface area contributed by atoms with Gasteiger partial charge in [-0.25, -0.2) is 4.79 Å². The van der Waals surface area contributed by atoms with Gasteiger partial charge in [0, 0.05) is 12.7 Å². The van der Waals surface area contributed by atoms with Crippen LogP contribution in [-0.2, 0) is 11.3 Å². The number of carboxylic acids is 1. The molecule has 1 rings (SSSR count). The number of aliphatic carboxylic acids is 1. The van der Waals surface area contributed by atoms with Crippen LogP contribution in [0.5, 0.6) is 0 Å². The van der Waals surface area contributed by atoms with Crippen LogP contribution in [0.25, 0.3) is 0 Å². The molecule has 6 heteroatoms. The zero-order chi connectivity index (χ0) is 12.7. The van der Waals surface area contributed by atoms with Crippen molar-refractivity contribution >= 4 is 12.0 Å². The fraction of sp³-hybridized carbons (Fsp3) is 0.364. The summed E-state index contributed by atoms with van der Waals surface area (Å²) in [6.45, 7) is 1.94. The van der Waals surface area contributed by atoms with Gasteiger partial charge in [-0.2, -0.15) is 0 Å². The number of carbonyl (C=O) groups is 2. The van der Waals surface area contributed by atoms with Crippen LogP contribution < -0.4 is 10.6 Å². The average Bonchev–Trinajstić information content (AvgIpc) is 2.34. The van der Waals surface area contributed by atoms with E-state index in [9.17, 15) is 9.59 Å². The quantitative estimate of drug-likeness (QED) is 0.699. The second-order valence-corrected chi connectivity index (χ2v) is 3.62. The van der Waals surface area contributed by atoms with Crippen LogP contribution in [-0.4, -0.2) is 28.6 Å². The molecular formula is C11H15N3O3. The lowest BCUT2D eigenvalue weighted by Gasteiger charge is -2.09. The molecule has 0 spiro atoms. The number of aromatic nitrogens is 1. The van der Waals surface area contributed by atoms with Crippen LogP contribution in [0.1, 0.15) is 12.6 Å². The lowest BCUT2D eigenvalue weighted by Crippen LogP contribution is -2.38. The van der Waals surface area contributed by atoms with Crippen LogP contribution in [0, 0.1) is 5.92 Å². The summed E-state index contributed by atoms with van der Waals surface area (Å²) >= 11 is 0. The highest BCUT2D eigenvalue weighted by Crippen LogP contribution is 1.93. The third-order valence-electron chi connectivity index (χ3n) is 2.15. The van der Waals surface area contributed by atoms with Gasteiger partial charge in [-0.05, 0) is 12.1 Å². The van der Waals surface area contributed by atoms with E-state index >= 15 is 0 Å². The first-order chi connectivity index (χ1) is 8.09. The summed E-state index contributed by atoms with van der Waals surface area (Å²) in [6.07, 6.45) is 1.64. The van der Waals surface area contributed by atoms with E-state index in [1.54, 1.807) is 18.3 Å². The molecule has 0 aromatic carbocycles. The number of carboxylic acid groups (broad SMARTS) is 1. The van der Waals surface area contributed by atoms with E-state index in [1.165, 1.54) is 6.92 Å². The maximum absolute atomic E-state index is 11.3. The summed E-state index contributed by atoms with van der Waals surface area (Å²) in [4.78, 5) is 25.8. The van der Waals surface area contributed by atoms with Crippen LogP contribution >= 0.6 is 0 Å². The number of hydrogen-bond acceptors (Lipinski definition) is 3. The number of nitrogens with zero attached hydrogens (tertiary/aromatic N) is 1. The Bertz CT molecular complexity index is 381. The molecule has 6 nitrogen and oxygen atoms in total. The molecule has 0 fully saturated rings. The molecule has 1 unspecified atom stereocenters. The predicted octanol–water partition coefficient (Wildman–Crippen LogP) is 0.601. The Hall–Kier alpha value is -2.11. The molecule has 0 bridgehead atoms. The molecule has 1 heterocycles. The minimum atomic E-state index is -0.935. The number of amides is 2. The molecule has 0 radical (unpaired) electrons. The van der Waals surface area contributed by atoms with Crippen LogP contribution in [0.15, 0.2) is 24.4 Å². The lowest BCUT2D eigenvalue weighted by molar-refractivity contribution is -0.140. The van der Waals surface area contributed by atoms with E-state index in [0.717, 1.165) is 5.69 Å². The fourth-order valence-electron chi connectivity index (χ4n) is 1.07. The largest absolute Gasteiger partial charge is 0.481 e. The van der Waals surface area contributed by atoms with Crippen molar-refractivity contribution in [2.75, 3.05) is 6.54 Å². The van der Waals surface area contributed by atoms with Gasteiger partial charge in [-0.3, -0.25) is 9.78 Å². The van der Waals surface area contributed by atoms with Crippen LogP contribution in [0.4, 0.5) is 4.79 Å². The van der Waals surface area contributed by atoms with Gasteiger partial charge in [0.1, 0.15) is 0 Å². The molecule has 0 saturated heterocycles. The van der Waals surface area contributed by atoms with Crippen molar-refractivity contribution in [1.29, 1.82) is 0 Å². The number of hydrogen-bond donors (Lipinski definition) is 3. The second kappa shape index (κ2) is 6.47. The SMILES string of the molecule is CC(CNC(=O)NCc1ccccn1)C(=O)O. The molecule has 0 aliphatic carbocycles. The summed E-state index contributed by atoms with van der Waals surface area (Å²) in [6, 6.07) is 5.01. The normalized spacial score (nSPS) is 11.6. The third kappa shape index (κ3) is 4.96. The lowest BCUT2D eigenvalue weighted by atomic mass is 10.2. The molecule has 17 heavy (non-hydrogen) atoms. The van der Waals surface area contributed by atoms with E-state index < -0.39 is 17.9 Å². The summed E-state index contributed by atoms with van der Waals surface area (Å²) in [5.74, 6) is -1.54. The average molecular weight is 237 g/mol. The number of pyridine rings is 1. The molecule has 1 aromatic heterocycles. The maximum Gasteiger partial charge on any atom is 0.315 e. The van der Waals surface area contributed by atoms with Gasteiger partial charge in [0.15, 0.2) is 0 Å². The first-order valence-corrected chi connectivity index (χ1v) is 5.24. The molecule has 92 valence electrons. The predicted molar refractivity (Wildman–Crippen MR) is 61.3 cm³/mol. The molecule has 1 aromatic rings. The van der Waals surface area contributed by atoms with Crippen molar-refractivity contribution in [3.63, 3.8) is 0 Å². The Morgan fingerprint density at radius 3 is 2.76 bits per heavy atom. The molecule has 3 N–H and O–H groups in total. The van der Waals surface area contributed by atoms with Gasteiger partial charge in [0.05, 0.1) is 18.2 Å². The molecule has 1 atom stereocenters. The standard InChI is InChI=1S/C11H15N3O3/c1-8(10(15)16)6-13-11(17)14-7-9-4-2-3-5-12-9/h2-5,8H,6-7H2,1H3,(H,15,16)(H2,13,14,17). The number of rotatable bonds is 5. The highest BCUT2D eigenvalue weighted by molar-refractivity contribution is 5.75. The van der Waals surface area contributed by atoms with Crippen molar-refractivity contribution in [2.45, 2.75) is 13.5 Å². The first kappa shape index (κ1) is 13.0. The zero-order valence-electron chi connectivity index (χ0n) is 9.51. The zero-order valence-corrected chi connectivity index (χ0v) is 9.51. The van der Waals surface area contributed by atoms with Crippen LogP contribution in [0.2, 0.25) is 0 Å². The Balaban J connectivity index is 2.24. The first-order valence-electron chi connectivity index (χ1n) is 5.24. The van der Waals surface area contributed by atoms with Gasteiger partial charge in [0.2, 0.25) is 0 Å². The van der Waals surface area contributed by atoms with Gasteiger partial charge < -0.3 is 15.7 Å².